The molecule has 0 saturated carbocycles. The van der Waals surface area contributed by atoms with Gasteiger partial charge in [0.05, 0.1) is 17.1 Å². The number of benzene rings is 1. The third-order valence-corrected chi connectivity index (χ3v) is 4.02. The smallest absolute Gasteiger partial charge is 0.141 e. The molecule has 3 nitrogen and oxygen atoms in total. The molecule has 1 atom stereocenters. The predicted octanol–water partition coefficient (Wildman–Crippen LogP) is 4.48. The zero-order valence-corrected chi connectivity index (χ0v) is 14.0. The number of hydrogen-bond donors (Lipinski definition) is 1. The fourth-order valence-corrected chi connectivity index (χ4v) is 2.82. The molecule has 0 aliphatic carbocycles. The minimum Gasteiger partial charge on any atom is -0.369 e. The summed E-state index contributed by atoms with van der Waals surface area (Å²) in [6, 6.07) is 19.8. The van der Waals surface area contributed by atoms with Crippen LogP contribution in [0.25, 0.3) is 11.3 Å². The summed E-state index contributed by atoms with van der Waals surface area (Å²) >= 11 is 4.52. The highest BCUT2D eigenvalue weighted by Crippen LogP contribution is 2.28. The molecule has 0 radical (unpaired) electrons. The zero-order chi connectivity index (χ0) is 16.2. The lowest BCUT2D eigenvalue weighted by Gasteiger charge is -2.16. The quantitative estimate of drug-likeness (QED) is 0.719. The van der Waals surface area contributed by atoms with Crippen LogP contribution in [-0.4, -0.2) is 17.1 Å². The third kappa shape index (κ3) is 3.44. The fraction of sp³-hybridized carbons (Fsp3) is 0.158. The van der Waals surface area contributed by atoms with Crippen LogP contribution in [0.4, 0.5) is 0 Å². The first-order valence-corrected chi connectivity index (χ1v) is 7.85. The number of nitrogens with zero attached hydrogens (tertiary/aromatic N) is 2. The lowest BCUT2D eigenvalue weighted by Crippen LogP contribution is -2.08. The Balaban J connectivity index is 2.03. The summed E-state index contributed by atoms with van der Waals surface area (Å²) < 4.78 is 5.65. The van der Waals surface area contributed by atoms with Crippen molar-refractivity contribution >= 4 is 12.6 Å². The van der Waals surface area contributed by atoms with Gasteiger partial charge < -0.3 is 4.74 Å². The van der Waals surface area contributed by atoms with E-state index in [0.717, 1.165) is 33.2 Å². The van der Waals surface area contributed by atoms with Gasteiger partial charge >= 0.3 is 0 Å². The van der Waals surface area contributed by atoms with Crippen LogP contribution in [-0.2, 0) is 4.74 Å². The number of rotatable bonds is 4. The van der Waals surface area contributed by atoms with Gasteiger partial charge in [0.1, 0.15) is 6.10 Å². The van der Waals surface area contributed by atoms with Crippen LogP contribution in [0.15, 0.2) is 65.6 Å². The van der Waals surface area contributed by atoms with Gasteiger partial charge in [0.15, 0.2) is 0 Å². The van der Waals surface area contributed by atoms with E-state index in [0.29, 0.717) is 0 Å². The Bertz CT molecular complexity index is 820. The first kappa shape index (κ1) is 15.7. The molecule has 2 aromatic heterocycles. The highest BCUT2D eigenvalue weighted by molar-refractivity contribution is 7.80. The number of pyridine rings is 2. The fourth-order valence-electron chi connectivity index (χ4n) is 2.54. The maximum Gasteiger partial charge on any atom is 0.141 e. The largest absolute Gasteiger partial charge is 0.369 e. The zero-order valence-electron chi connectivity index (χ0n) is 13.1. The molecular weight excluding hydrogens is 304 g/mol. The molecule has 1 aromatic carbocycles. The van der Waals surface area contributed by atoms with Crippen molar-refractivity contribution in [3.05, 3.63) is 77.7 Å². The van der Waals surface area contributed by atoms with Crippen molar-refractivity contribution in [3.8, 4) is 11.3 Å². The van der Waals surface area contributed by atoms with Crippen molar-refractivity contribution in [3.63, 3.8) is 0 Å². The van der Waals surface area contributed by atoms with Crippen LogP contribution in [0.2, 0.25) is 0 Å². The SMILES string of the molecule is COC(c1cccc(C)n1)c1cccc(-c2ccccc2S)n1. The lowest BCUT2D eigenvalue weighted by atomic mass is 10.1. The minimum atomic E-state index is -0.290. The molecule has 0 N–H and O–H groups in total. The van der Waals surface area contributed by atoms with Gasteiger partial charge in [-0.05, 0) is 37.3 Å². The summed E-state index contributed by atoms with van der Waals surface area (Å²) in [5, 5.41) is 0. The Hall–Kier alpha value is -2.17. The van der Waals surface area contributed by atoms with Crippen LogP contribution in [0.1, 0.15) is 23.2 Å². The molecule has 0 spiro atoms. The van der Waals surface area contributed by atoms with Crippen molar-refractivity contribution in [2.24, 2.45) is 0 Å². The van der Waals surface area contributed by atoms with Gasteiger partial charge in [0.25, 0.3) is 0 Å². The Labute approximate surface area is 141 Å². The molecule has 0 saturated heterocycles. The van der Waals surface area contributed by atoms with Gasteiger partial charge in [0, 0.05) is 23.3 Å². The topological polar surface area (TPSA) is 35.0 Å². The lowest BCUT2D eigenvalue weighted by molar-refractivity contribution is 0.129. The van der Waals surface area contributed by atoms with Gasteiger partial charge in [0.2, 0.25) is 0 Å². The van der Waals surface area contributed by atoms with Gasteiger partial charge in [-0.3, -0.25) is 4.98 Å². The highest BCUT2D eigenvalue weighted by atomic mass is 32.1. The van der Waals surface area contributed by atoms with Crippen molar-refractivity contribution in [1.29, 1.82) is 0 Å². The average Bonchev–Trinajstić information content (AvgIpc) is 2.56. The number of thiol groups is 1. The molecule has 3 aromatic rings. The Kier molecular flexibility index (Phi) is 4.74. The first-order chi connectivity index (χ1) is 11.2. The molecule has 116 valence electrons. The van der Waals surface area contributed by atoms with E-state index in [1.54, 1.807) is 7.11 Å². The second kappa shape index (κ2) is 6.94. The first-order valence-electron chi connectivity index (χ1n) is 7.40. The van der Waals surface area contributed by atoms with E-state index in [-0.39, 0.29) is 6.10 Å². The Morgan fingerprint density at radius 3 is 2.26 bits per heavy atom. The highest BCUT2D eigenvalue weighted by Gasteiger charge is 2.17. The van der Waals surface area contributed by atoms with E-state index in [1.165, 1.54) is 0 Å². The van der Waals surface area contributed by atoms with Gasteiger partial charge in [-0.25, -0.2) is 4.98 Å². The van der Waals surface area contributed by atoms with Crippen molar-refractivity contribution in [2.75, 3.05) is 7.11 Å². The second-order valence-corrected chi connectivity index (χ2v) is 5.77. The molecule has 0 aliphatic rings. The van der Waals surface area contributed by atoms with E-state index in [1.807, 2.05) is 67.6 Å². The number of methoxy groups -OCH3 is 1. The predicted molar refractivity (Wildman–Crippen MR) is 94.8 cm³/mol. The molecule has 3 rings (SSSR count). The van der Waals surface area contributed by atoms with Crippen molar-refractivity contribution in [2.45, 2.75) is 17.9 Å². The molecule has 0 aliphatic heterocycles. The van der Waals surface area contributed by atoms with Gasteiger partial charge in [-0.1, -0.05) is 30.3 Å². The van der Waals surface area contributed by atoms with Crippen LogP contribution in [0.5, 0.6) is 0 Å². The summed E-state index contributed by atoms with van der Waals surface area (Å²) in [6.45, 7) is 1.97. The maximum atomic E-state index is 5.65. The monoisotopic (exact) mass is 322 g/mol. The van der Waals surface area contributed by atoms with E-state index < -0.39 is 0 Å². The molecule has 23 heavy (non-hydrogen) atoms. The van der Waals surface area contributed by atoms with Crippen LogP contribution >= 0.6 is 12.6 Å². The van der Waals surface area contributed by atoms with E-state index in [2.05, 4.69) is 17.6 Å². The van der Waals surface area contributed by atoms with Crippen LogP contribution in [0, 0.1) is 6.92 Å². The Morgan fingerprint density at radius 1 is 0.870 bits per heavy atom. The van der Waals surface area contributed by atoms with Crippen LogP contribution < -0.4 is 0 Å². The second-order valence-electron chi connectivity index (χ2n) is 5.28. The number of aromatic nitrogens is 2. The summed E-state index contributed by atoms with van der Waals surface area (Å²) in [6.07, 6.45) is -0.290. The summed E-state index contributed by atoms with van der Waals surface area (Å²) in [5.74, 6) is 0. The molecular formula is C19H18N2OS. The molecule has 2 heterocycles. The van der Waals surface area contributed by atoms with Gasteiger partial charge in [-0.15, -0.1) is 12.6 Å². The molecule has 0 fully saturated rings. The standard InChI is InChI=1S/C19H18N2OS/c1-13-7-5-10-16(20-13)19(22-2)17-11-6-9-15(21-17)14-8-3-4-12-18(14)23/h3-12,19,23H,1-2H3. The summed E-state index contributed by atoms with van der Waals surface area (Å²) in [5.41, 5.74) is 4.53. The number of ether oxygens (including phenoxy) is 1. The van der Waals surface area contributed by atoms with Crippen molar-refractivity contribution in [1.82, 2.24) is 9.97 Å². The van der Waals surface area contributed by atoms with Crippen molar-refractivity contribution < 1.29 is 4.74 Å². The van der Waals surface area contributed by atoms with Gasteiger partial charge in [-0.2, -0.15) is 0 Å². The third-order valence-electron chi connectivity index (χ3n) is 3.63. The maximum absolute atomic E-state index is 5.65. The molecule has 0 amide bonds. The average molecular weight is 322 g/mol. The minimum absolute atomic E-state index is 0.290. The summed E-state index contributed by atoms with van der Waals surface area (Å²) in [7, 11) is 1.68. The van der Waals surface area contributed by atoms with E-state index >= 15 is 0 Å². The number of aryl methyl sites for hydroxylation is 1. The van der Waals surface area contributed by atoms with E-state index in [9.17, 15) is 0 Å². The van der Waals surface area contributed by atoms with E-state index in [4.69, 9.17) is 9.72 Å². The molecule has 0 bridgehead atoms. The Morgan fingerprint density at radius 2 is 1.57 bits per heavy atom. The molecule has 4 heteroatoms. The summed E-state index contributed by atoms with van der Waals surface area (Å²) in [4.78, 5) is 10.2. The molecule has 1 unspecified atom stereocenters. The van der Waals surface area contributed by atoms with Crippen LogP contribution in [0.3, 0.4) is 0 Å². The number of hydrogen-bond acceptors (Lipinski definition) is 4. The normalized spacial score (nSPS) is 12.1.